The number of piperazine rings is 1. The van der Waals surface area contributed by atoms with Gasteiger partial charge in [0.1, 0.15) is 0 Å². The topological polar surface area (TPSA) is 41.6 Å². The molecule has 0 aromatic carbocycles. The summed E-state index contributed by atoms with van der Waals surface area (Å²) >= 11 is 0. The van der Waals surface area contributed by atoms with Crippen molar-refractivity contribution in [2.75, 3.05) is 32.8 Å². The first kappa shape index (κ1) is 13.7. The molecular formula is C11H21ClN2O2. The molecule has 1 atom stereocenters. The van der Waals surface area contributed by atoms with E-state index in [4.69, 9.17) is 4.74 Å². The van der Waals surface area contributed by atoms with Crippen LogP contribution in [0, 0.1) is 5.92 Å². The minimum Gasteiger partial charge on any atom is -0.381 e. The second kappa shape index (κ2) is 6.42. The number of ether oxygens (including phenoxy) is 1. The number of carbonyl (C=O) groups is 1. The van der Waals surface area contributed by atoms with Crippen molar-refractivity contribution in [1.29, 1.82) is 0 Å². The van der Waals surface area contributed by atoms with E-state index in [9.17, 15) is 4.79 Å². The minimum atomic E-state index is 0. The molecule has 0 aliphatic carbocycles. The first-order valence-electron chi connectivity index (χ1n) is 5.87. The Kier molecular flexibility index (Phi) is 5.52. The Hall–Kier alpha value is -0.320. The Morgan fingerprint density at radius 3 is 2.69 bits per heavy atom. The zero-order valence-corrected chi connectivity index (χ0v) is 10.6. The van der Waals surface area contributed by atoms with Gasteiger partial charge in [-0.15, -0.1) is 12.4 Å². The molecule has 0 bridgehead atoms. The van der Waals surface area contributed by atoms with E-state index in [-0.39, 0.29) is 18.3 Å². The lowest BCUT2D eigenvalue weighted by Crippen LogP contribution is -2.53. The van der Waals surface area contributed by atoms with Crippen LogP contribution in [-0.2, 0) is 9.53 Å². The molecule has 2 aliphatic heterocycles. The van der Waals surface area contributed by atoms with Crippen LogP contribution in [0.1, 0.15) is 19.8 Å². The molecule has 1 amide bonds. The molecule has 2 aliphatic rings. The number of carbonyl (C=O) groups excluding carboxylic acids is 1. The first-order chi connectivity index (χ1) is 7.27. The maximum absolute atomic E-state index is 12.1. The molecule has 0 aromatic heterocycles. The molecule has 2 rings (SSSR count). The molecule has 2 saturated heterocycles. The van der Waals surface area contributed by atoms with Crippen molar-refractivity contribution in [1.82, 2.24) is 10.2 Å². The highest BCUT2D eigenvalue weighted by Gasteiger charge is 2.28. The van der Waals surface area contributed by atoms with Crippen molar-refractivity contribution in [3.05, 3.63) is 0 Å². The standard InChI is InChI=1S/C11H20N2O2.ClH/c1-9-8-13(5-4-12-9)11(14)10-2-6-15-7-3-10;/h9-10,12H,2-8H2,1H3;1H. The van der Waals surface area contributed by atoms with Crippen LogP contribution in [0.5, 0.6) is 0 Å². The molecule has 0 radical (unpaired) electrons. The number of halogens is 1. The third kappa shape index (κ3) is 3.34. The van der Waals surface area contributed by atoms with Gasteiger partial charge in [0.25, 0.3) is 0 Å². The first-order valence-corrected chi connectivity index (χ1v) is 5.87. The van der Waals surface area contributed by atoms with Crippen molar-refractivity contribution in [2.24, 2.45) is 5.92 Å². The van der Waals surface area contributed by atoms with Crippen LogP contribution in [0.3, 0.4) is 0 Å². The van der Waals surface area contributed by atoms with Gasteiger partial charge in [0, 0.05) is 44.8 Å². The SMILES string of the molecule is CC1CN(C(=O)C2CCOCC2)CCN1.Cl. The number of amides is 1. The van der Waals surface area contributed by atoms with Crippen molar-refractivity contribution < 1.29 is 9.53 Å². The normalized spacial score (nSPS) is 27.3. The van der Waals surface area contributed by atoms with Gasteiger partial charge in [0.15, 0.2) is 0 Å². The van der Waals surface area contributed by atoms with E-state index < -0.39 is 0 Å². The zero-order chi connectivity index (χ0) is 10.7. The molecule has 2 fully saturated rings. The van der Waals surface area contributed by atoms with Gasteiger partial charge in [0.05, 0.1) is 0 Å². The van der Waals surface area contributed by atoms with Crippen molar-refractivity contribution in [2.45, 2.75) is 25.8 Å². The van der Waals surface area contributed by atoms with E-state index in [0.717, 1.165) is 45.7 Å². The summed E-state index contributed by atoms with van der Waals surface area (Å²) in [4.78, 5) is 14.2. The maximum Gasteiger partial charge on any atom is 0.225 e. The number of rotatable bonds is 1. The minimum absolute atomic E-state index is 0. The lowest BCUT2D eigenvalue weighted by Gasteiger charge is -2.35. The lowest BCUT2D eigenvalue weighted by molar-refractivity contribution is -0.139. The third-order valence-electron chi connectivity index (χ3n) is 3.25. The van der Waals surface area contributed by atoms with E-state index >= 15 is 0 Å². The quantitative estimate of drug-likeness (QED) is 0.741. The van der Waals surface area contributed by atoms with Crippen LogP contribution >= 0.6 is 12.4 Å². The van der Waals surface area contributed by atoms with E-state index in [0.29, 0.717) is 11.9 Å². The summed E-state index contributed by atoms with van der Waals surface area (Å²) < 4.78 is 5.28. The molecule has 2 heterocycles. The smallest absolute Gasteiger partial charge is 0.225 e. The lowest BCUT2D eigenvalue weighted by atomic mass is 9.98. The highest BCUT2D eigenvalue weighted by atomic mass is 35.5. The molecule has 1 unspecified atom stereocenters. The van der Waals surface area contributed by atoms with Crippen LogP contribution in [0.4, 0.5) is 0 Å². The van der Waals surface area contributed by atoms with Crippen molar-refractivity contribution in [3.8, 4) is 0 Å². The Labute approximate surface area is 103 Å². The second-order valence-electron chi connectivity index (χ2n) is 4.53. The van der Waals surface area contributed by atoms with Crippen molar-refractivity contribution >= 4 is 18.3 Å². The summed E-state index contributed by atoms with van der Waals surface area (Å²) in [6.45, 7) is 6.27. The van der Waals surface area contributed by atoms with Crippen LogP contribution in [-0.4, -0.2) is 49.7 Å². The highest BCUT2D eigenvalue weighted by Crippen LogP contribution is 2.18. The van der Waals surface area contributed by atoms with Gasteiger partial charge < -0.3 is 15.0 Å². The fraction of sp³-hybridized carbons (Fsp3) is 0.909. The maximum atomic E-state index is 12.1. The summed E-state index contributed by atoms with van der Waals surface area (Å²) in [5.74, 6) is 0.552. The van der Waals surface area contributed by atoms with E-state index in [2.05, 4.69) is 12.2 Å². The van der Waals surface area contributed by atoms with E-state index in [1.54, 1.807) is 0 Å². The predicted molar refractivity (Wildman–Crippen MR) is 64.8 cm³/mol. The molecule has 16 heavy (non-hydrogen) atoms. The van der Waals surface area contributed by atoms with E-state index in [1.807, 2.05) is 4.90 Å². The van der Waals surface area contributed by atoms with Gasteiger partial charge in [-0.1, -0.05) is 0 Å². The van der Waals surface area contributed by atoms with Gasteiger partial charge in [-0.3, -0.25) is 4.79 Å². The second-order valence-corrected chi connectivity index (χ2v) is 4.53. The molecule has 0 spiro atoms. The Morgan fingerprint density at radius 2 is 2.06 bits per heavy atom. The van der Waals surface area contributed by atoms with Crippen LogP contribution in [0.2, 0.25) is 0 Å². The summed E-state index contributed by atoms with van der Waals surface area (Å²) in [5, 5.41) is 3.35. The summed E-state index contributed by atoms with van der Waals surface area (Å²) in [5.41, 5.74) is 0. The molecule has 4 nitrogen and oxygen atoms in total. The number of nitrogens with zero attached hydrogens (tertiary/aromatic N) is 1. The predicted octanol–water partition coefficient (Wildman–Crippen LogP) is 0.655. The van der Waals surface area contributed by atoms with E-state index in [1.165, 1.54) is 0 Å². The van der Waals surface area contributed by atoms with Crippen LogP contribution in [0.15, 0.2) is 0 Å². The Morgan fingerprint density at radius 1 is 1.38 bits per heavy atom. The average molecular weight is 249 g/mol. The van der Waals surface area contributed by atoms with Gasteiger partial charge in [-0.2, -0.15) is 0 Å². The molecule has 5 heteroatoms. The number of hydrogen-bond donors (Lipinski definition) is 1. The summed E-state index contributed by atoms with van der Waals surface area (Å²) in [6, 6.07) is 0.433. The average Bonchev–Trinajstić information content (AvgIpc) is 2.29. The molecule has 1 N–H and O–H groups in total. The highest BCUT2D eigenvalue weighted by molar-refractivity contribution is 5.85. The summed E-state index contributed by atoms with van der Waals surface area (Å²) in [6.07, 6.45) is 1.80. The Bertz CT molecular complexity index is 232. The monoisotopic (exact) mass is 248 g/mol. The van der Waals surface area contributed by atoms with Gasteiger partial charge in [-0.05, 0) is 19.8 Å². The summed E-state index contributed by atoms with van der Waals surface area (Å²) in [7, 11) is 0. The fourth-order valence-electron chi connectivity index (χ4n) is 2.34. The Balaban J connectivity index is 0.00000128. The van der Waals surface area contributed by atoms with Gasteiger partial charge in [0.2, 0.25) is 5.91 Å². The molecule has 94 valence electrons. The van der Waals surface area contributed by atoms with Gasteiger partial charge in [-0.25, -0.2) is 0 Å². The molecule has 0 aromatic rings. The molecule has 0 saturated carbocycles. The van der Waals surface area contributed by atoms with Crippen molar-refractivity contribution in [3.63, 3.8) is 0 Å². The fourth-order valence-corrected chi connectivity index (χ4v) is 2.34. The van der Waals surface area contributed by atoms with Gasteiger partial charge >= 0.3 is 0 Å². The largest absolute Gasteiger partial charge is 0.381 e. The van der Waals surface area contributed by atoms with Crippen LogP contribution in [0.25, 0.3) is 0 Å². The third-order valence-corrected chi connectivity index (χ3v) is 3.25. The van der Waals surface area contributed by atoms with Crippen LogP contribution < -0.4 is 5.32 Å². The number of nitrogens with one attached hydrogen (secondary N) is 1. The molecular weight excluding hydrogens is 228 g/mol. The number of hydrogen-bond acceptors (Lipinski definition) is 3. The zero-order valence-electron chi connectivity index (χ0n) is 9.78.